The standard InChI is InChI=1S/C50H61N9O6/c1-30(2)43(55-49(62)64-5)47(60)57-26-10-14-41(57)45-51-28-37(53-45)32-16-20-34(21-17-32)39-24-25-40(59(39)36-12-8-7-9-13-36)35-22-18-33(19-23-35)38-29-52-46(54-38)42-15-11-27-58(42)48(61)44(31(3)4)56-50(63)65-6/h7-9,12-13,16-23,28-31,39-44H,10-11,14-15,24-27H2,1-6H3,(H,51,53)(H,52,54)(H,55,62)(H,56,63)/t39-,40+,41-,42?,43-,44-/m0/s1. The van der Waals surface area contributed by atoms with Crippen LogP contribution in [0.2, 0.25) is 0 Å². The van der Waals surface area contributed by atoms with Crippen molar-refractivity contribution in [1.82, 2.24) is 40.4 Å². The highest BCUT2D eigenvalue weighted by molar-refractivity contribution is 5.87. The van der Waals surface area contributed by atoms with E-state index in [1.165, 1.54) is 31.0 Å². The van der Waals surface area contributed by atoms with E-state index >= 15 is 0 Å². The number of hydrogen-bond acceptors (Lipinski definition) is 9. The predicted octanol–water partition coefficient (Wildman–Crippen LogP) is 8.64. The third kappa shape index (κ3) is 9.45. The molecular formula is C50H61N9O6. The Morgan fingerprint density at radius 1 is 0.585 bits per heavy atom. The molecule has 3 aliphatic rings. The molecule has 0 saturated carbocycles. The van der Waals surface area contributed by atoms with Gasteiger partial charge in [0.1, 0.15) is 23.7 Å². The van der Waals surface area contributed by atoms with Crippen LogP contribution in [0.1, 0.15) is 113 Å². The molecule has 3 saturated heterocycles. The van der Waals surface area contributed by atoms with Gasteiger partial charge >= 0.3 is 12.2 Å². The van der Waals surface area contributed by atoms with E-state index in [0.29, 0.717) is 13.1 Å². The monoisotopic (exact) mass is 883 g/mol. The second-order valence-electron chi connectivity index (χ2n) is 18.1. The lowest BCUT2D eigenvalue weighted by Crippen LogP contribution is -2.51. The summed E-state index contributed by atoms with van der Waals surface area (Å²) in [7, 11) is 2.60. The zero-order valence-electron chi connectivity index (χ0n) is 38.1. The van der Waals surface area contributed by atoms with Crippen LogP contribution in [0.5, 0.6) is 0 Å². The number of methoxy groups -OCH3 is 2. The molecule has 342 valence electrons. The van der Waals surface area contributed by atoms with Crippen molar-refractivity contribution in [2.75, 3.05) is 32.2 Å². The second-order valence-corrected chi connectivity index (χ2v) is 18.1. The number of imidazole rings is 2. The van der Waals surface area contributed by atoms with Crippen molar-refractivity contribution in [3.8, 4) is 22.5 Å². The topological polar surface area (TPSA) is 178 Å². The minimum Gasteiger partial charge on any atom is -0.453 e. The minimum absolute atomic E-state index is 0.108. The molecule has 6 atom stereocenters. The minimum atomic E-state index is -0.691. The van der Waals surface area contributed by atoms with Gasteiger partial charge in [-0.2, -0.15) is 0 Å². The zero-order chi connectivity index (χ0) is 45.8. The van der Waals surface area contributed by atoms with E-state index in [-0.39, 0.29) is 47.8 Å². The van der Waals surface area contributed by atoms with Crippen LogP contribution in [0.15, 0.2) is 91.3 Å². The van der Waals surface area contributed by atoms with Gasteiger partial charge in [-0.3, -0.25) is 9.59 Å². The van der Waals surface area contributed by atoms with Crippen LogP contribution < -0.4 is 15.5 Å². The summed E-state index contributed by atoms with van der Waals surface area (Å²) in [6.07, 6.45) is 7.68. The fourth-order valence-electron chi connectivity index (χ4n) is 9.89. The molecular weight excluding hydrogens is 823 g/mol. The van der Waals surface area contributed by atoms with E-state index in [0.717, 1.165) is 72.7 Å². The molecule has 3 aromatic carbocycles. The fraction of sp³-hybridized carbons (Fsp3) is 0.440. The molecule has 3 fully saturated rings. The van der Waals surface area contributed by atoms with Gasteiger partial charge in [-0.25, -0.2) is 19.6 Å². The number of amides is 4. The first-order valence-electron chi connectivity index (χ1n) is 22.9. The maximum atomic E-state index is 13.7. The van der Waals surface area contributed by atoms with Gasteiger partial charge in [0.15, 0.2) is 0 Å². The number of aromatic amines is 2. The summed E-state index contributed by atoms with van der Waals surface area (Å²) in [5.74, 6) is 0.995. The van der Waals surface area contributed by atoms with Gasteiger partial charge in [-0.15, -0.1) is 0 Å². The number of benzene rings is 3. The first kappa shape index (κ1) is 44.9. The number of rotatable bonds is 13. The van der Waals surface area contributed by atoms with Crippen LogP contribution in [0.25, 0.3) is 22.5 Å². The van der Waals surface area contributed by atoms with Crippen LogP contribution >= 0.6 is 0 Å². The molecule has 15 heteroatoms. The van der Waals surface area contributed by atoms with Gasteiger partial charge in [-0.1, -0.05) is 94.4 Å². The number of carbonyl (C=O) groups excluding carboxylic acids is 4. The molecule has 3 aliphatic heterocycles. The van der Waals surface area contributed by atoms with Crippen molar-refractivity contribution >= 4 is 29.7 Å². The molecule has 4 amide bonds. The van der Waals surface area contributed by atoms with E-state index in [1.54, 1.807) is 0 Å². The lowest BCUT2D eigenvalue weighted by atomic mass is 10.0. The van der Waals surface area contributed by atoms with E-state index in [1.807, 2.05) is 49.9 Å². The van der Waals surface area contributed by atoms with Crippen LogP contribution in [-0.4, -0.2) is 93.1 Å². The smallest absolute Gasteiger partial charge is 0.407 e. The number of hydrogen-bond donors (Lipinski definition) is 4. The summed E-state index contributed by atoms with van der Waals surface area (Å²) >= 11 is 0. The quantitative estimate of drug-likeness (QED) is 0.0901. The van der Waals surface area contributed by atoms with Gasteiger partial charge in [0, 0.05) is 18.8 Å². The number of aromatic nitrogens is 4. The predicted molar refractivity (Wildman–Crippen MR) is 247 cm³/mol. The molecule has 0 radical (unpaired) electrons. The Morgan fingerprint density at radius 2 is 1.00 bits per heavy atom. The van der Waals surface area contributed by atoms with Crippen molar-refractivity contribution in [1.29, 1.82) is 0 Å². The molecule has 4 N–H and O–H groups in total. The average Bonchev–Trinajstić information content (AvgIpc) is 4.19. The van der Waals surface area contributed by atoms with Crippen molar-refractivity contribution in [3.05, 3.63) is 114 Å². The van der Waals surface area contributed by atoms with Crippen LogP contribution in [0, 0.1) is 11.8 Å². The Kier molecular flexibility index (Phi) is 13.6. The highest BCUT2D eigenvalue weighted by Crippen LogP contribution is 2.47. The number of likely N-dealkylation sites (tertiary alicyclic amines) is 2. The molecule has 0 spiro atoms. The second kappa shape index (κ2) is 19.6. The number of para-hydroxylation sites is 1. The largest absolute Gasteiger partial charge is 0.453 e. The lowest BCUT2D eigenvalue weighted by molar-refractivity contribution is -0.136. The average molecular weight is 884 g/mol. The number of ether oxygens (including phenoxy) is 2. The van der Waals surface area contributed by atoms with Gasteiger partial charge in [0.25, 0.3) is 0 Å². The summed E-state index contributed by atoms with van der Waals surface area (Å²) in [4.78, 5) is 74.2. The van der Waals surface area contributed by atoms with Crippen molar-refractivity contribution in [2.45, 2.75) is 102 Å². The lowest BCUT2D eigenvalue weighted by Gasteiger charge is -2.33. The summed E-state index contributed by atoms with van der Waals surface area (Å²) in [6.45, 7) is 8.84. The van der Waals surface area contributed by atoms with Gasteiger partial charge < -0.3 is 44.8 Å². The Labute approximate surface area is 380 Å². The fourth-order valence-corrected chi connectivity index (χ4v) is 9.89. The molecule has 5 aromatic rings. The third-order valence-corrected chi connectivity index (χ3v) is 13.3. The van der Waals surface area contributed by atoms with E-state index in [4.69, 9.17) is 19.4 Å². The molecule has 15 nitrogen and oxygen atoms in total. The maximum Gasteiger partial charge on any atom is 0.407 e. The first-order chi connectivity index (χ1) is 31.4. The van der Waals surface area contributed by atoms with Gasteiger partial charge in [-0.05, 0) is 84.7 Å². The molecule has 1 unspecified atom stereocenters. The zero-order valence-corrected chi connectivity index (χ0v) is 38.1. The van der Waals surface area contributed by atoms with Crippen molar-refractivity contribution in [3.63, 3.8) is 0 Å². The highest BCUT2D eigenvalue weighted by atomic mass is 16.5. The molecule has 0 bridgehead atoms. The molecule has 0 aliphatic carbocycles. The van der Waals surface area contributed by atoms with E-state index in [2.05, 4.69) is 104 Å². The Balaban J connectivity index is 0.964. The Bertz CT molecular complexity index is 2280. The third-order valence-electron chi connectivity index (χ3n) is 13.3. The van der Waals surface area contributed by atoms with Crippen LogP contribution in [-0.2, 0) is 19.1 Å². The summed E-state index contributed by atoms with van der Waals surface area (Å²) in [5, 5.41) is 5.44. The number of anilines is 1. The van der Waals surface area contributed by atoms with Gasteiger partial charge in [0.05, 0.1) is 62.2 Å². The SMILES string of the molecule is COC(=O)N[C@H](C(=O)N1CCCC1c1ncc(-c2ccc([C@H]3CC[C@@H](c4ccc(-c5cnc([C@@H]6CCCN6C(=O)[C@@H](NC(=O)OC)C(C)C)[nH]5)cc4)N3c3ccccc3)cc2)[nH]1)C(C)C. The summed E-state index contributed by atoms with van der Waals surface area (Å²) in [6, 6.07) is 26.6. The number of alkyl carbamates (subject to hydrolysis) is 2. The Morgan fingerprint density at radius 3 is 1.38 bits per heavy atom. The molecule has 8 rings (SSSR count). The molecule has 5 heterocycles. The van der Waals surface area contributed by atoms with E-state index < -0.39 is 24.3 Å². The number of carbonyl (C=O) groups is 4. The molecule has 65 heavy (non-hydrogen) atoms. The number of nitrogens with zero attached hydrogens (tertiary/aromatic N) is 5. The van der Waals surface area contributed by atoms with Crippen LogP contribution in [0.4, 0.5) is 15.3 Å². The van der Waals surface area contributed by atoms with Crippen molar-refractivity contribution in [2.24, 2.45) is 11.8 Å². The number of nitrogens with one attached hydrogen (secondary N) is 4. The van der Waals surface area contributed by atoms with Crippen molar-refractivity contribution < 1.29 is 28.7 Å². The normalized spacial score (nSPS) is 20.6. The van der Waals surface area contributed by atoms with Crippen LogP contribution in [0.3, 0.4) is 0 Å². The van der Waals surface area contributed by atoms with Gasteiger partial charge in [0.2, 0.25) is 11.8 Å². The van der Waals surface area contributed by atoms with E-state index in [9.17, 15) is 19.2 Å². The summed E-state index contributed by atoms with van der Waals surface area (Å²) < 4.78 is 9.59. The Hall–Kier alpha value is -6.64. The maximum absolute atomic E-state index is 13.7. The summed E-state index contributed by atoms with van der Waals surface area (Å²) in [5.41, 5.74) is 7.41. The highest BCUT2D eigenvalue weighted by Gasteiger charge is 2.40. The molecule has 2 aromatic heterocycles. The number of H-pyrrole nitrogens is 2. The first-order valence-corrected chi connectivity index (χ1v) is 22.9.